The van der Waals surface area contributed by atoms with Crippen LogP contribution in [0.15, 0.2) is 48.5 Å². The molecule has 1 aliphatic heterocycles. The van der Waals surface area contributed by atoms with Crippen molar-refractivity contribution >= 4 is 29.4 Å². The van der Waals surface area contributed by atoms with Gasteiger partial charge in [-0.2, -0.15) is 0 Å². The molecule has 3 rings (SSSR count). The maximum Gasteiger partial charge on any atom is 0.329 e. The number of esters is 1. The number of rotatable bonds is 8. The normalized spacial score (nSPS) is 13.7. The van der Waals surface area contributed by atoms with E-state index in [-0.39, 0.29) is 17.5 Å². The Bertz CT molecular complexity index is 950. The maximum absolute atomic E-state index is 12.7. The molecular weight excluding hydrogens is 384 g/mol. The van der Waals surface area contributed by atoms with Crippen LogP contribution in [0.1, 0.15) is 52.5 Å². The molecule has 0 aliphatic carbocycles. The number of ether oxygens (including phenoxy) is 1. The Balaban J connectivity index is 1.68. The van der Waals surface area contributed by atoms with Gasteiger partial charge in [0.05, 0.1) is 11.1 Å². The Morgan fingerprint density at radius 1 is 1.03 bits per heavy atom. The topological polar surface area (TPSA) is 92.8 Å². The van der Waals surface area contributed by atoms with Crippen LogP contribution in [-0.2, 0) is 14.3 Å². The smallest absolute Gasteiger partial charge is 0.329 e. The second-order valence-corrected chi connectivity index (χ2v) is 7.21. The van der Waals surface area contributed by atoms with Gasteiger partial charge in [0.15, 0.2) is 6.61 Å². The van der Waals surface area contributed by atoms with Crippen molar-refractivity contribution < 1.29 is 23.9 Å². The van der Waals surface area contributed by atoms with Crippen molar-refractivity contribution in [3.8, 4) is 0 Å². The molecule has 0 bridgehead atoms. The van der Waals surface area contributed by atoms with Gasteiger partial charge in [0.2, 0.25) is 0 Å². The number of hydrogen-bond acceptors (Lipinski definition) is 5. The first-order chi connectivity index (χ1) is 14.4. The molecule has 30 heavy (non-hydrogen) atoms. The second-order valence-electron chi connectivity index (χ2n) is 7.21. The fraction of sp³-hybridized carbons (Fsp3) is 0.304. The predicted octanol–water partition coefficient (Wildman–Crippen LogP) is 3.33. The van der Waals surface area contributed by atoms with Gasteiger partial charge >= 0.3 is 5.97 Å². The first-order valence-electron chi connectivity index (χ1n) is 9.92. The average Bonchev–Trinajstić information content (AvgIpc) is 2.98. The van der Waals surface area contributed by atoms with Crippen molar-refractivity contribution in [2.45, 2.75) is 39.2 Å². The van der Waals surface area contributed by atoms with Crippen LogP contribution in [0.2, 0.25) is 0 Å². The minimum atomic E-state index is -1.07. The van der Waals surface area contributed by atoms with Crippen LogP contribution < -0.4 is 5.32 Å². The molecule has 7 heteroatoms. The van der Waals surface area contributed by atoms with Crippen LogP contribution in [0.3, 0.4) is 0 Å². The number of carbonyl (C=O) groups excluding carboxylic acids is 4. The van der Waals surface area contributed by atoms with E-state index in [9.17, 15) is 19.2 Å². The van der Waals surface area contributed by atoms with Crippen LogP contribution in [0.4, 0.5) is 5.69 Å². The average molecular weight is 408 g/mol. The highest BCUT2D eigenvalue weighted by molar-refractivity contribution is 6.22. The van der Waals surface area contributed by atoms with Gasteiger partial charge in [-0.15, -0.1) is 0 Å². The highest BCUT2D eigenvalue weighted by Crippen LogP contribution is 2.26. The number of hydrogen-bond donors (Lipinski definition) is 1. The summed E-state index contributed by atoms with van der Waals surface area (Å²) in [6, 6.07) is 12.6. The lowest BCUT2D eigenvalue weighted by atomic mass is 10.1. The number of unbranched alkanes of at least 4 members (excludes halogenated alkanes) is 1. The molecule has 0 unspecified atom stereocenters. The van der Waals surface area contributed by atoms with Crippen LogP contribution in [-0.4, -0.2) is 41.2 Å². The number of imide groups is 1. The van der Waals surface area contributed by atoms with E-state index in [0.717, 1.165) is 16.9 Å². The SMILES string of the molecule is CCCC[C@@H](C(=O)OCC(=O)Nc1cccc(C)c1)N1C(=O)c2ccccc2C1=O. The van der Waals surface area contributed by atoms with Gasteiger partial charge in [0.25, 0.3) is 17.7 Å². The lowest BCUT2D eigenvalue weighted by molar-refractivity contribution is -0.151. The van der Waals surface area contributed by atoms with E-state index in [1.54, 1.807) is 42.5 Å². The monoisotopic (exact) mass is 408 g/mol. The van der Waals surface area contributed by atoms with Crippen LogP contribution in [0.25, 0.3) is 0 Å². The number of aryl methyl sites for hydroxylation is 1. The molecule has 1 atom stereocenters. The third-order valence-corrected chi connectivity index (χ3v) is 4.89. The molecule has 0 fully saturated rings. The first kappa shape index (κ1) is 21.2. The molecule has 0 radical (unpaired) electrons. The Morgan fingerprint density at radius 3 is 2.30 bits per heavy atom. The van der Waals surface area contributed by atoms with Gasteiger partial charge in [-0.3, -0.25) is 19.3 Å². The first-order valence-corrected chi connectivity index (χ1v) is 9.92. The Hall–Kier alpha value is -3.48. The van der Waals surface area contributed by atoms with Crippen molar-refractivity contribution in [2.24, 2.45) is 0 Å². The van der Waals surface area contributed by atoms with Crippen molar-refractivity contribution in [1.29, 1.82) is 0 Å². The zero-order valence-electron chi connectivity index (χ0n) is 17.0. The van der Waals surface area contributed by atoms with Crippen molar-refractivity contribution in [2.75, 3.05) is 11.9 Å². The summed E-state index contributed by atoms with van der Waals surface area (Å²) in [7, 11) is 0. The van der Waals surface area contributed by atoms with Gasteiger partial charge in [-0.25, -0.2) is 4.79 Å². The van der Waals surface area contributed by atoms with E-state index < -0.39 is 36.3 Å². The lowest BCUT2D eigenvalue weighted by Crippen LogP contribution is -2.46. The standard InChI is InChI=1S/C23H24N2O5/c1-3-4-12-19(25-21(27)17-10-5-6-11-18(17)22(25)28)23(29)30-14-20(26)24-16-9-7-8-15(2)13-16/h5-11,13,19H,3-4,12,14H2,1-2H3,(H,24,26)/t19-/m0/s1. The zero-order chi connectivity index (χ0) is 21.7. The molecule has 0 saturated carbocycles. The molecule has 7 nitrogen and oxygen atoms in total. The van der Waals surface area contributed by atoms with E-state index in [4.69, 9.17) is 4.74 Å². The van der Waals surface area contributed by atoms with Gasteiger partial charge in [0.1, 0.15) is 6.04 Å². The summed E-state index contributed by atoms with van der Waals surface area (Å²) in [5.74, 6) is -2.29. The van der Waals surface area contributed by atoms with E-state index >= 15 is 0 Å². The van der Waals surface area contributed by atoms with Crippen LogP contribution >= 0.6 is 0 Å². The Labute approximate surface area is 175 Å². The molecular formula is C23H24N2O5. The quantitative estimate of drug-likeness (QED) is 0.534. The maximum atomic E-state index is 12.7. The number of carbonyl (C=O) groups is 4. The van der Waals surface area contributed by atoms with Gasteiger partial charge in [0, 0.05) is 5.69 Å². The van der Waals surface area contributed by atoms with Gasteiger partial charge in [-0.05, 0) is 43.2 Å². The molecule has 1 aliphatic rings. The van der Waals surface area contributed by atoms with E-state index in [1.165, 1.54) is 0 Å². The summed E-state index contributed by atoms with van der Waals surface area (Å²) >= 11 is 0. The van der Waals surface area contributed by atoms with E-state index in [2.05, 4.69) is 5.32 Å². The summed E-state index contributed by atoms with van der Waals surface area (Å²) < 4.78 is 5.18. The Kier molecular flexibility index (Phi) is 6.61. The van der Waals surface area contributed by atoms with E-state index in [0.29, 0.717) is 12.1 Å². The number of nitrogens with zero attached hydrogens (tertiary/aromatic N) is 1. The fourth-order valence-electron chi connectivity index (χ4n) is 3.39. The molecule has 2 aromatic rings. The van der Waals surface area contributed by atoms with Gasteiger partial charge in [-0.1, -0.05) is 44.0 Å². The molecule has 1 N–H and O–H groups in total. The summed E-state index contributed by atoms with van der Waals surface area (Å²) in [6.07, 6.45) is 1.68. The highest BCUT2D eigenvalue weighted by Gasteiger charge is 2.43. The second kappa shape index (κ2) is 9.35. The van der Waals surface area contributed by atoms with Crippen molar-refractivity contribution in [3.63, 3.8) is 0 Å². The number of fused-ring (bicyclic) bond motifs is 1. The third kappa shape index (κ3) is 4.56. The number of nitrogens with one attached hydrogen (secondary N) is 1. The summed E-state index contributed by atoms with van der Waals surface area (Å²) in [6.45, 7) is 3.34. The molecule has 0 spiro atoms. The van der Waals surface area contributed by atoms with Crippen molar-refractivity contribution in [1.82, 2.24) is 4.90 Å². The van der Waals surface area contributed by atoms with Crippen molar-refractivity contribution in [3.05, 3.63) is 65.2 Å². The molecule has 3 amide bonds. The number of benzene rings is 2. The molecule has 0 saturated heterocycles. The zero-order valence-corrected chi connectivity index (χ0v) is 17.0. The van der Waals surface area contributed by atoms with Crippen LogP contribution in [0, 0.1) is 6.92 Å². The Morgan fingerprint density at radius 2 is 1.70 bits per heavy atom. The molecule has 156 valence electrons. The number of amides is 3. The minimum absolute atomic E-state index is 0.272. The predicted molar refractivity (Wildman–Crippen MR) is 111 cm³/mol. The van der Waals surface area contributed by atoms with Crippen LogP contribution in [0.5, 0.6) is 0 Å². The highest BCUT2D eigenvalue weighted by atomic mass is 16.5. The molecule has 2 aromatic carbocycles. The van der Waals surface area contributed by atoms with E-state index in [1.807, 2.05) is 19.9 Å². The van der Waals surface area contributed by atoms with Gasteiger partial charge < -0.3 is 10.1 Å². The minimum Gasteiger partial charge on any atom is -0.454 e. The lowest BCUT2D eigenvalue weighted by Gasteiger charge is -2.24. The largest absolute Gasteiger partial charge is 0.454 e. The number of anilines is 1. The summed E-state index contributed by atoms with van der Waals surface area (Å²) in [5.41, 5.74) is 2.12. The fourth-order valence-corrected chi connectivity index (χ4v) is 3.39. The summed E-state index contributed by atoms with van der Waals surface area (Å²) in [5, 5.41) is 2.66. The third-order valence-electron chi connectivity index (χ3n) is 4.89. The summed E-state index contributed by atoms with van der Waals surface area (Å²) in [4.78, 5) is 51.3. The molecule has 0 aromatic heterocycles. The molecule has 1 heterocycles.